The molecular formula is C10H13ClN2O. The lowest BCUT2D eigenvalue weighted by molar-refractivity contribution is 0.332. The molecule has 0 saturated carbocycles. The topological polar surface area (TPSA) is 24.8 Å². The number of ether oxygens (including phenoxy) is 1. The molecule has 0 bridgehead atoms. The third-order valence-electron chi connectivity index (χ3n) is 1.62. The van der Waals surface area contributed by atoms with Gasteiger partial charge in [0.1, 0.15) is 0 Å². The van der Waals surface area contributed by atoms with Crippen molar-refractivity contribution in [2.75, 3.05) is 21.2 Å². The van der Waals surface area contributed by atoms with Crippen molar-refractivity contribution < 1.29 is 4.74 Å². The normalized spacial score (nSPS) is 11.3. The number of nitrogens with zero attached hydrogens (tertiary/aromatic N) is 2. The molecule has 0 amide bonds. The molecule has 1 aromatic rings. The first-order chi connectivity index (χ1) is 6.63. The summed E-state index contributed by atoms with van der Waals surface area (Å²) in [5.74, 6) is 0. The van der Waals surface area contributed by atoms with Crippen LogP contribution in [0.15, 0.2) is 29.3 Å². The Morgan fingerprint density at radius 3 is 2.29 bits per heavy atom. The van der Waals surface area contributed by atoms with Crippen LogP contribution < -0.4 is 0 Å². The van der Waals surface area contributed by atoms with Gasteiger partial charge in [-0.05, 0) is 24.3 Å². The molecule has 3 nitrogen and oxygen atoms in total. The first-order valence-corrected chi connectivity index (χ1v) is 4.57. The van der Waals surface area contributed by atoms with Crippen LogP contribution in [0.3, 0.4) is 0 Å². The van der Waals surface area contributed by atoms with E-state index in [1.54, 1.807) is 24.1 Å². The number of halogens is 1. The van der Waals surface area contributed by atoms with E-state index in [0.29, 0.717) is 11.0 Å². The van der Waals surface area contributed by atoms with Crippen molar-refractivity contribution in [3.8, 4) is 0 Å². The molecule has 0 atom stereocenters. The number of benzene rings is 1. The molecule has 14 heavy (non-hydrogen) atoms. The van der Waals surface area contributed by atoms with Gasteiger partial charge in [-0.3, -0.25) is 0 Å². The molecule has 0 aliphatic carbocycles. The first kappa shape index (κ1) is 10.9. The van der Waals surface area contributed by atoms with Crippen LogP contribution in [0.1, 0.15) is 0 Å². The third kappa shape index (κ3) is 2.92. The maximum absolute atomic E-state index is 5.75. The summed E-state index contributed by atoms with van der Waals surface area (Å²) >= 11 is 5.75. The molecule has 0 saturated heterocycles. The summed E-state index contributed by atoms with van der Waals surface area (Å²) in [5.41, 5.74) is 0.819. The lowest BCUT2D eigenvalue weighted by Gasteiger charge is -2.13. The van der Waals surface area contributed by atoms with E-state index in [-0.39, 0.29) is 0 Å². The zero-order valence-corrected chi connectivity index (χ0v) is 9.25. The van der Waals surface area contributed by atoms with Gasteiger partial charge in [0.05, 0.1) is 12.8 Å². The average molecular weight is 213 g/mol. The minimum Gasteiger partial charge on any atom is -0.468 e. The first-order valence-electron chi connectivity index (χ1n) is 4.19. The fourth-order valence-electron chi connectivity index (χ4n) is 0.954. The zero-order valence-electron chi connectivity index (χ0n) is 8.49. The highest BCUT2D eigenvalue weighted by Gasteiger charge is 2.00. The average Bonchev–Trinajstić information content (AvgIpc) is 2.16. The maximum Gasteiger partial charge on any atom is 0.291 e. The number of amidine groups is 1. The van der Waals surface area contributed by atoms with Crippen molar-refractivity contribution in [2.24, 2.45) is 4.99 Å². The molecule has 0 aromatic heterocycles. The second kappa shape index (κ2) is 4.86. The molecular weight excluding hydrogens is 200 g/mol. The van der Waals surface area contributed by atoms with Crippen molar-refractivity contribution in [3.05, 3.63) is 29.3 Å². The van der Waals surface area contributed by atoms with Gasteiger partial charge in [-0.1, -0.05) is 11.6 Å². The van der Waals surface area contributed by atoms with Gasteiger partial charge in [0.25, 0.3) is 6.02 Å². The summed E-state index contributed by atoms with van der Waals surface area (Å²) in [6.07, 6.45) is 0. The van der Waals surface area contributed by atoms with Gasteiger partial charge in [-0.2, -0.15) is 4.99 Å². The smallest absolute Gasteiger partial charge is 0.291 e. The second-order valence-electron chi connectivity index (χ2n) is 2.97. The lowest BCUT2D eigenvalue weighted by atomic mass is 10.3. The van der Waals surface area contributed by atoms with Gasteiger partial charge in [0.2, 0.25) is 0 Å². The van der Waals surface area contributed by atoms with Gasteiger partial charge >= 0.3 is 0 Å². The van der Waals surface area contributed by atoms with Crippen LogP contribution in [0, 0.1) is 0 Å². The van der Waals surface area contributed by atoms with E-state index in [9.17, 15) is 0 Å². The Hall–Kier alpha value is -1.22. The summed E-state index contributed by atoms with van der Waals surface area (Å²) in [4.78, 5) is 6.08. The maximum atomic E-state index is 5.75. The number of aliphatic imine (C=N–C) groups is 1. The van der Waals surface area contributed by atoms with Gasteiger partial charge in [-0.25, -0.2) is 0 Å². The molecule has 1 aromatic carbocycles. The molecule has 0 aliphatic rings. The number of rotatable bonds is 1. The molecule has 0 radical (unpaired) electrons. The highest BCUT2D eigenvalue weighted by Crippen LogP contribution is 2.16. The molecule has 0 N–H and O–H groups in total. The van der Waals surface area contributed by atoms with Gasteiger partial charge < -0.3 is 9.64 Å². The Kier molecular flexibility index (Phi) is 3.77. The van der Waals surface area contributed by atoms with E-state index < -0.39 is 0 Å². The molecule has 4 heteroatoms. The van der Waals surface area contributed by atoms with Crippen LogP contribution in [0.5, 0.6) is 0 Å². The van der Waals surface area contributed by atoms with Crippen molar-refractivity contribution in [1.82, 2.24) is 4.90 Å². The second-order valence-corrected chi connectivity index (χ2v) is 3.41. The number of methoxy groups -OCH3 is 1. The van der Waals surface area contributed by atoms with Crippen LogP contribution in [0.2, 0.25) is 5.02 Å². The Bertz CT molecular complexity index is 319. The van der Waals surface area contributed by atoms with E-state index >= 15 is 0 Å². The van der Waals surface area contributed by atoms with Crippen LogP contribution in [-0.2, 0) is 4.74 Å². The summed E-state index contributed by atoms with van der Waals surface area (Å²) in [7, 11) is 5.34. The monoisotopic (exact) mass is 212 g/mol. The van der Waals surface area contributed by atoms with Crippen molar-refractivity contribution in [2.45, 2.75) is 0 Å². The molecule has 0 fully saturated rings. The largest absolute Gasteiger partial charge is 0.468 e. The lowest BCUT2D eigenvalue weighted by Crippen LogP contribution is -2.23. The van der Waals surface area contributed by atoms with E-state index in [1.165, 1.54) is 0 Å². The summed E-state index contributed by atoms with van der Waals surface area (Å²) < 4.78 is 5.09. The fraction of sp³-hybridized carbons (Fsp3) is 0.300. The summed E-state index contributed by atoms with van der Waals surface area (Å²) in [6, 6.07) is 7.83. The molecule has 0 heterocycles. The highest BCUT2D eigenvalue weighted by atomic mass is 35.5. The van der Waals surface area contributed by atoms with E-state index in [4.69, 9.17) is 16.3 Å². The Labute approximate surface area is 89.0 Å². The molecule has 76 valence electrons. The third-order valence-corrected chi connectivity index (χ3v) is 1.87. The fourth-order valence-corrected chi connectivity index (χ4v) is 1.08. The van der Waals surface area contributed by atoms with E-state index in [1.807, 2.05) is 26.2 Å². The number of hydrogen-bond donors (Lipinski definition) is 0. The van der Waals surface area contributed by atoms with Crippen molar-refractivity contribution in [3.63, 3.8) is 0 Å². The van der Waals surface area contributed by atoms with Crippen molar-refractivity contribution in [1.29, 1.82) is 0 Å². The molecule has 0 unspecified atom stereocenters. The Balaban J connectivity index is 2.89. The Morgan fingerprint density at radius 2 is 1.86 bits per heavy atom. The SMILES string of the molecule is CO/C(=N\c1ccc(Cl)cc1)N(C)C. The van der Waals surface area contributed by atoms with Gasteiger partial charge in [0.15, 0.2) is 0 Å². The summed E-state index contributed by atoms with van der Waals surface area (Å²) in [5, 5.41) is 0.702. The quantitative estimate of drug-likeness (QED) is 0.528. The molecule has 0 spiro atoms. The van der Waals surface area contributed by atoms with Gasteiger partial charge in [-0.15, -0.1) is 0 Å². The van der Waals surface area contributed by atoms with E-state index in [0.717, 1.165) is 5.69 Å². The van der Waals surface area contributed by atoms with E-state index in [2.05, 4.69) is 4.99 Å². The van der Waals surface area contributed by atoms with Gasteiger partial charge in [0, 0.05) is 19.1 Å². The van der Waals surface area contributed by atoms with Crippen LogP contribution in [-0.4, -0.2) is 32.1 Å². The van der Waals surface area contributed by atoms with Crippen LogP contribution in [0.25, 0.3) is 0 Å². The molecule has 0 aliphatic heterocycles. The zero-order chi connectivity index (χ0) is 10.6. The standard InChI is InChI=1S/C10H13ClN2O/c1-13(2)10(14-3)12-9-6-4-8(11)5-7-9/h4-7H,1-3H3/b12-10-. The van der Waals surface area contributed by atoms with Crippen LogP contribution >= 0.6 is 11.6 Å². The summed E-state index contributed by atoms with van der Waals surface area (Å²) in [6.45, 7) is 0. The minimum absolute atomic E-state index is 0.562. The predicted molar refractivity (Wildman–Crippen MR) is 59.2 cm³/mol. The minimum atomic E-state index is 0.562. The predicted octanol–water partition coefficient (Wildman–Crippen LogP) is 2.54. The molecule has 1 rings (SSSR count). The number of hydrogen-bond acceptors (Lipinski definition) is 2. The Morgan fingerprint density at radius 1 is 1.29 bits per heavy atom. The van der Waals surface area contributed by atoms with Crippen LogP contribution in [0.4, 0.5) is 5.69 Å². The van der Waals surface area contributed by atoms with Crippen molar-refractivity contribution >= 4 is 23.3 Å². The highest BCUT2D eigenvalue weighted by molar-refractivity contribution is 6.30.